The molecule has 0 radical (unpaired) electrons. The van der Waals surface area contributed by atoms with Crippen LogP contribution < -0.4 is 10.2 Å². The Morgan fingerprint density at radius 3 is 2.89 bits per heavy atom. The highest BCUT2D eigenvalue weighted by Gasteiger charge is 2.37. The first kappa shape index (κ1) is 11.3. The van der Waals surface area contributed by atoms with Crippen molar-refractivity contribution in [1.82, 2.24) is 15.1 Å². The first-order valence-corrected chi connectivity index (χ1v) is 6.23. The topological polar surface area (TPSA) is 67.2 Å². The summed E-state index contributed by atoms with van der Waals surface area (Å²) < 4.78 is 1.65. The van der Waals surface area contributed by atoms with Gasteiger partial charge in [-0.2, -0.15) is 5.10 Å². The predicted molar refractivity (Wildman–Crippen MR) is 64.8 cm³/mol. The molecule has 1 N–H and O–H groups in total. The number of carbonyl (C=O) groups excluding carboxylic acids is 2. The lowest BCUT2D eigenvalue weighted by molar-refractivity contribution is -0.126. The van der Waals surface area contributed by atoms with Crippen LogP contribution in [0.2, 0.25) is 0 Å². The van der Waals surface area contributed by atoms with Gasteiger partial charge in [0, 0.05) is 32.3 Å². The highest BCUT2D eigenvalue weighted by atomic mass is 16.2. The number of rotatable bonds is 3. The van der Waals surface area contributed by atoms with Gasteiger partial charge in [0.25, 0.3) is 0 Å². The van der Waals surface area contributed by atoms with Crippen LogP contribution in [-0.2, 0) is 16.6 Å². The second-order valence-electron chi connectivity index (χ2n) is 5.06. The van der Waals surface area contributed by atoms with Gasteiger partial charge in [0.15, 0.2) is 0 Å². The average molecular weight is 248 g/mol. The van der Waals surface area contributed by atoms with E-state index >= 15 is 0 Å². The number of aryl methyl sites for hydroxylation is 1. The van der Waals surface area contributed by atoms with E-state index in [2.05, 4.69) is 10.4 Å². The van der Waals surface area contributed by atoms with Crippen molar-refractivity contribution in [1.29, 1.82) is 0 Å². The zero-order valence-electron chi connectivity index (χ0n) is 10.3. The summed E-state index contributed by atoms with van der Waals surface area (Å²) in [4.78, 5) is 25.5. The van der Waals surface area contributed by atoms with E-state index in [0.29, 0.717) is 19.0 Å². The van der Waals surface area contributed by atoms with Gasteiger partial charge in [-0.25, -0.2) is 0 Å². The number of nitrogens with one attached hydrogen (secondary N) is 1. The lowest BCUT2D eigenvalue weighted by Crippen LogP contribution is -2.34. The fraction of sp³-hybridized carbons (Fsp3) is 0.583. The number of nitrogens with zero attached hydrogens (tertiary/aromatic N) is 3. The molecule has 2 aliphatic rings. The Balaban J connectivity index is 1.67. The number of carbonyl (C=O) groups is 2. The molecule has 1 aliphatic heterocycles. The minimum atomic E-state index is -0.224. The lowest BCUT2D eigenvalue weighted by Gasteiger charge is -2.14. The van der Waals surface area contributed by atoms with Crippen molar-refractivity contribution in [3.63, 3.8) is 0 Å². The monoisotopic (exact) mass is 248 g/mol. The molecule has 6 nitrogen and oxygen atoms in total. The van der Waals surface area contributed by atoms with Gasteiger partial charge >= 0.3 is 0 Å². The summed E-state index contributed by atoms with van der Waals surface area (Å²) in [6, 6.07) is 0.347. The molecule has 2 amide bonds. The third-order valence-electron chi connectivity index (χ3n) is 3.42. The molecule has 0 bridgehead atoms. The van der Waals surface area contributed by atoms with Gasteiger partial charge in [-0.1, -0.05) is 0 Å². The largest absolute Gasteiger partial charge is 0.353 e. The standard InChI is InChI=1S/C12H16N4O2/c1-15-7-10(5-13-15)16-6-8(4-11(16)17)12(18)14-9-2-3-9/h5,7-9H,2-4,6H2,1H3,(H,14,18)/t8-/m1/s1. The minimum absolute atomic E-state index is 0.000975. The Labute approximate surface area is 105 Å². The van der Waals surface area contributed by atoms with E-state index in [1.54, 1.807) is 29.0 Å². The third kappa shape index (κ3) is 2.10. The maximum absolute atomic E-state index is 11.9. The summed E-state index contributed by atoms with van der Waals surface area (Å²) in [7, 11) is 1.81. The van der Waals surface area contributed by atoms with Gasteiger partial charge in [0.2, 0.25) is 11.8 Å². The van der Waals surface area contributed by atoms with Crippen LogP contribution in [0.3, 0.4) is 0 Å². The van der Waals surface area contributed by atoms with Crippen LogP contribution in [0.1, 0.15) is 19.3 Å². The van der Waals surface area contributed by atoms with E-state index in [-0.39, 0.29) is 17.7 Å². The van der Waals surface area contributed by atoms with Gasteiger partial charge in [-0.15, -0.1) is 0 Å². The normalized spacial score (nSPS) is 23.5. The van der Waals surface area contributed by atoms with Gasteiger partial charge in [0.05, 0.1) is 17.8 Å². The SMILES string of the molecule is Cn1cc(N2C[C@H](C(=O)NC3CC3)CC2=O)cn1. The Kier molecular flexibility index (Phi) is 2.57. The average Bonchev–Trinajstić information content (AvgIpc) is 2.89. The van der Waals surface area contributed by atoms with E-state index in [4.69, 9.17) is 0 Å². The minimum Gasteiger partial charge on any atom is -0.353 e. The predicted octanol–water partition coefficient (Wildman–Crippen LogP) is 0.0516. The zero-order chi connectivity index (χ0) is 12.7. The number of hydrogen-bond acceptors (Lipinski definition) is 3. The quantitative estimate of drug-likeness (QED) is 0.822. The molecule has 6 heteroatoms. The molecule has 3 rings (SSSR count). The number of anilines is 1. The van der Waals surface area contributed by atoms with Crippen LogP contribution >= 0.6 is 0 Å². The van der Waals surface area contributed by atoms with Crippen molar-refractivity contribution in [2.24, 2.45) is 13.0 Å². The second-order valence-corrected chi connectivity index (χ2v) is 5.06. The molecule has 1 aromatic rings. The lowest BCUT2D eigenvalue weighted by atomic mass is 10.1. The van der Waals surface area contributed by atoms with E-state index in [9.17, 15) is 9.59 Å². The van der Waals surface area contributed by atoms with Crippen LogP contribution in [0.4, 0.5) is 5.69 Å². The van der Waals surface area contributed by atoms with Gasteiger partial charge in [-0.05, 0) is 12.8 Å². The molecule has 1 aromatic heterocycles. The van der Waals surface area contributed by atoms with E-state index < -0.39 is 0 Å². The van der Waals surface area contributed by atoms with E-state index in [1.807, 2.05) is 0 Å². The van der Waals surface area contributed by atoms with Gasteiger partial charge in [-0.3, -0.25) is 14.3 Å². The van der Waals surface area contributed by atoms with Crippen LogP contribution in [0.5, 0.6) is 0 Å². The van der Waals surface area contributed by atoms with Crippen molar-refractivity contribution >= 4 is 17.5 Å². The fourth-order valence-corrected chi connectivity index (χ4v) is 2.23. The molecular formula is C12H16N4O2. The highest BCUT2D eigenvalue weighted by molar-refractivity contribution is 6.00. The van der Waals surface area contributed by atoms with Crippen LogP contribution in [0, 0.1) is 5.92 Å². The summed E-state index contributed by atoms with van der Waals surface area (Å²) in [6.07, 6.45) is 5.88. The van der Waals surface area contributed by atoms with E-state index in [0.717, 1.165) is 18.5 Å². The van der Waals surface area contributed by atoms with Crippen LogP contribution in [0.15, 0.2) is 12.4 Å². The maximum atomic E-state index is 11.9. The van der Waals surface area contributed by atoms with E-state index in [1.165, 1.54) is 0 Å². The third-order valence-corrected chi connectivity index (χ3v) is 3.42. The summed E-state index contributed by atoms with van der Waals surface area (Å²) in [5, 5.41) is 7.00. The van der Waals surface area contributed by atoms with Crippen molar-refractivity contribution in [2.75, 3.05) is 11.4 Å². The molecule has 1 aliphatic carbocycles. The molecule has 0 aromatic carbocycles. The summed E-state index contributed by atoms with van der Waals surface area (Å²) in [5.74, 6) is -0.213. The zero-order valence-corrected chi connectivity index (χ0v) is 10.3. The highest BCUT2D eigenvalue weighted by Crippen LogP contribution is 2.26. The van der Waals surface area contributed by atoms with Gasteiger partial charge in [0.1, 0.15) is 0 Å². The molecule has 1 atom stereocenters. The Hall–Kier alpha value is -1.85. The molecule has 1 saturated carbocycles. The molecule has 0 unspecified atom stereocenters. The first-order valence-electron chi connectivity index (χ1n) is 6.23. The molecule has 0 spiro atoms. The van der Waals surface area contributed by atoms with Gasteiger partial charge < -0.3 is 10.2 Å². The Bertz CT molecular complexity index is 492. The van der Waals surface area contributed by atoms with Crippen molar-refractivity contribution in [2.45, 2.75) is 25.3 Å². The second kappa shape index (κ2) is 4.12. The number of hydrogen-bond donors (Lipinski definition) is 1. The van der Waals surface area contributed by atoms with Crippen LogP contribution in [0.25, 0.3) is 0 Å². The first-order chi connectivity index (χ1) is 8.63. The molecule has 2 heterocycles. The fourth-order valence-electron chi connectivity index (χ4n) is 2.23. The molecule has 1 saturated heterocycles. The number of amides is 2. The number of aromatic nitrogens is 2. The Morgan fingerprint density at radius 2 is 2.28 bits per heavy atom. The van der Waals surface area contributed by atoms with Crippen molar-refractivity contribution in [3.8, 4) is 0 Å². The van der Waals surface area contributed by atoms with Crippen molar-refractivity contribution < 1.29 is 9.59 Å². The van der Waals surface area contributed by atoms with Crippen LogP contribution in [-0.4, -0.2) is 34.2 Å². The maximum Gasteiger partial charge on any atom is 0.227 e. The summed E-state index contributed by atoms with van der Waals surface area (Å²) >= 11 is 0. The molecule has 18 heavy (non-hydrogen) atoms. The molecular weight excluding hydrogens is 232 g/mol. The smallest absolute Gasteiger partial charge is 0.227 e. The molecule has 96 valence electrons. The summed E-state index contributed by atoms with van der Waals surface area (Å²) in [6.45, 7) is 0.461. The van der Waals surface area contributed by atoms with Crippen molar-refractivity contribution in [3.05, 3.63) is 12.4 Å². The Morgan fingerprint density at radius 1 is 1.50 bits per heavy atom. The summed E-state index contributed by atoms with van der Waals surface area (Å²) in [5.41, 5.74) is 0.768. The molecule has 2 fully saturated rings.